The first-order valence-electron chi connectivity index (χ1n) is 5.61. The lowest BCUT2D eigenvalue weighted by atomic mass is 10.2. The Bertz CT molecular complexity index is 612. The second kappa shape index (κ2) is 6.06. The van der Waals surface area contributed by atoms with Gasteiger partial charge >= 0.3 is 0 Å². The molecule has 2 rings (SSSR count). The molecule has 0 bridgehead atoms. The van der Waals surface area contributed by atoms with Crippen LogP contribution >= 0.6 is 24.0 Å². The Labute approximate surface area is 125 Å². The molecule has 104 valence electrons. The van der Waals surface area contributed by atoms with Crippen LogP contribution in [-0.2, 0) is 9.59 Å². The number of para-hydroxylation sites is 1. The number of carboxylic acid groups (broad SMARTS) is 1. The Morgan fingerprint density at radius 3 is 2.85 bits per heavy atom. The molecule has 5 nitrogen and oxygen atoms in total. The second-order valence-corrected chi connectivity index (χ2v) is 5.56. The van der Waals surface area contributed by atoms with Gasteiger partial charge in [0, 0.05) is 5.56 Å². The van der Waals surface area contributed by atoms with Crippen molar-refractivity contribution >= 4 is 46.3 Å². The number of thiocarbonyl (C=S) groups is 1. The maximum absolute atomic E-state index is 12.1. The summed E-state index contributed by atoms with van der Waals surface area (Å²) in [6.07, 6.45) is 1.63. The number of carbonyl (C=O) groups is 2. The fraction of sp³-hybridized carbons (Fsp3) is 0.154. The lowest BCUT2D eigenvalue weighted by molar-refractivity contribution is -0.305. The number of amides is 1. The van der Waals surface area contributed by atoms with Gasteiger partial charge in [-0.3, -0.25) is 9.69 Å². The van der Waals surface area contributed by atoms with E-state index < -0.39 is 18.4 Å². The SMILES string of the molecule is COc1ccccc1/C=C1/SC(=S)N(CC(=O)[O-])C1=O. The number of carbonyl (C=O) groups excluding carboxylic acids is 2. The number of aliphatic carboxylic acids is 1. The van der Waals surface area contributed by atoms with Crippen molar-refractivity contribution in [1.82, 2.24) is 4.90 Å². The largest absolute Gasteiger partial charge is 0.548 e. The first kappa shape index (κ1) is 14.5. The van der Waals surface area contributed by atoms with Gasteiger partial charge in [-0.25, -0.2) is 0 Å². The van der Waals surface area contributed by atoms with Crippen LogP contribution in [0.25, 0.3) is 6.08 Å². The minimum atomic E-state index is -1.35. The fourth-order valence-electron chi connectivity index (χ4n) is 1.69. The van der Waals surface area contributed by atoms with E-state index in [1.807, 2.05) is 12.1 Å². The van der Waals surface area contributed by atoms with Crippen molar-refractivity contribution in [2.24, 2.45) is 0 Å². The van der Waals surface area contributed by atoms with Gasteiger partial charge in [0.05, 0.1) is 24.5 Å². The van der Waals surface area contributed by atoms with E-state index >= 15 is 0 Å². The standard InChI is InChI=1S/C13H11NO4S2/c1-18-9-5-3-2-4-8(9)6-10-12(17)14(7-11(15)16)13(19)20-10/h2-6H,7H2,1H3,(H,15,16)/p-1/b10-6+. The summed E-state index contributed by atoms with van der Waals surface area (Å²) in [6.45, 7) is -0.534. The average Bonchev–Trinajstić information content (AvgIpc) is 2.67. The molecule has 7 heteroatoms. The highest BCUT2D eigenvalue weighted by molar-refractivity contribution is 8.26. The van der Waals surface area contributed by atoms with Gasteiger partial charge in [-0.2, -0.15) is 0 Å². The molecule has 1 aromatic carbocycles. The molecule has 0 saturated carbocycles. The molecule has 0 aliphatic carbocycles. The van der Waals surface area contributed by atoms with E-state index in [9.17, 15) is 14.7 Å². The van der Waals surface area contributed by atoms with Gasteiger partial charge in [0.25, 0.3) is 5.91 Å². The smallest absolute Gasteiger partial charge is 0.266 e. The summed E-state index contributed by atoms with van der Waals surface area (Å²) in [7, 11) is 1.54. The van der Waals surface area contributed by atoms with E-state index in [1.165, 1.54) is 7.11 Å². The van der Waals surface area contributed by atoms with Crippen LogP contribution < -0.4 is 9.84 Å². The van der Waals surface area contributed by atoms with Crippen molar-refractivity contribution < 1.29 is 19.4 Å². The van der Waals surface area contributed by atoms with Crippen molar-refractivity contribution in [2.75, 3.05) is 13.7 Å². The number of hydrogen-bond donors (Lipinski definition) is 0. The van der Waals surface area contributed by atoms with Crippen LogP contribution in [0.3, 0.4) is 0 Å². The number of benzene rings is 1. The Kier molecular flexibility index (Phi) is 4.41. The lowest BCUT2D eigenvalue weighted by Crippen LogP contribution is -2.40. The predicted octanol–water partition coefficient (Wildman–Crippen LogP) is 0.646. The Balaban J connectivity index is 2.30. The summed E-state index contributed by atoms with van der Waals surface area (Å²) < 4.78 is 5.40. The molecular formula is C13H10NO4S2-. The quantitative estimate of drug-likeness (QED) is 0.601. The van der Waals surface area contributed by atoms with Gasteiger partial charge in [-0.05, 0) is 12.1 Å². The molecule has 1 aliphatic rings. The van der Waals surface area contributed by atoms with Crippen molar-refractivity contribution in [3.8, 4) is 5.75 Å². The normalized spacial score (nSPS) is 16.9. The topological polar surface area (TPSA) is 69.7 Å². The zero-order chi connectivity index (χ0) is 14.7. The first-order chi connectivity index (χ1) is 9.52. The minimum absolute atomic E-state index is 0.209. The molecule has 1 aromatic rings. The fourth-order valence-corrected chi connectivity index (χ4v) is 2.94. The van der Waals surface area contributed by atoms with Crippen LogP contribution in [0.4, 0.5) is 0 Å². The number of hydrogen-bond acceptors (Lipinski definition) is 6. The summed E-state index contributed by atoms with van der Waals surface area (Å²) in [5, 5.41) is 10.6. The maximum atomic E-state index is 12.1. The molecule has 1 amide bonds. The van der Waals surface area contributed by atoms with Gasteiger partial charge < -0.3 is 14.6 Å². The average molecular weight is 308 g/mol. The number of carboxylic acids is 1. The molecule has 0 unspecified atom stereocenters. The molecule has 1 fully saturated rings. The zero-order valence-electron chi connectivity index (χ0n) is 10.5. The van der Waals surface area contributed by atoms with E-state index in [1.54, 1.807) is 18.2 Å². The minimum Gasteiger partial charge on any atom is -0.548 e. The third kappa shape index (κ3) is 3.00. The Hall–Kier alpha value is -1.86. The molecule has 0 spiro atoms. The van der Waals surface area contributed by atoms with Crippen LogP contribution in [0.5, 0.6) is 5.75 Å². The zero-order valence-corrected chi connectivity index (χ0v) is 12.1. The predicted molar refractivity (Wildman–Crippen MR) is 77.9 cm³/mol. The summed E-state index contributed by atoms with van der Waals surface area (Å²) in [4.78, 5) is 24.0. The Morgan fingerprint density at radius 2 is 2.20 bits per heavy atom. The summed E-state index contributed by atoms with van der Waals surface area (Å²) in [5.41, 5.74) is 0.726. The van der Waals surface area contributed by atoms with Crippen LogP contribution in [0.1, 0.15) is 5.56 Å². The molecule has 20 heavy (non-hydrogen) atoms. The van der Waals surface area contributed by atoms with Crippen LogP contribution in [0.15, 0.2) is 29.2 Å². The number of ether oxygens (including phenoxy) is 1. The molecular weight excluding hydrogens is 298 g/mol. The molecule has 0 aromatic heterocycles. The number of methoxy groups -OCH3 is 1. The second-order valence-electron chi connectivity index (χ2n) is 3.88. The van der Waals surface area contributed by atoms with Crippen molar-refractivity contribution in [2.45, 2.75) is 0 Å². The molecule has 0 radical (unpaired) electrons. The summed E-state index contributed by atoms with van der Waals surface area (Å²) in [5.74, 6) is -1.16. The number of rotatable bonds is 4. The molecule has 1 saturated heterocycles. The van der Waals surface area contributed by atoms with E-state index in [0.29, 0.717) is 10.7 Å². The Morgan fingerprint density at radius 1 is 1.50 bits per heavy atom. The van der Waals surface area contributed by atoms with E-state index in [0.717, 1.165) is 22.2 Å². The van der Waals surface area contributed by atoms with E-state index in [2.05, 4.69) is 0 Å². The molecule has 0 N–H and O–H groups in total. The van der Waals surface area contributed by atoms with Crippen molar-refractivity contribution in [1.29, 1.82) is 0 Å². The highest BCUT2D eigenvalue weighted by Gasteiger charge is 2.32. The van der Waals surface area contributed by atoms with Crippen molar-refractivity contribution in [3.05, 3.63) is 34.7 Å². The number of nitrogens with zero attached hydrogens (tertiary/aromatic N) is 1. The first-order valence-corrected chi connectivity index (χ1v) is 6.83. The molecule has 0 atom stereocenters. The van der Waals surface area contributed by atoms with Gasteiger partial charge in [0.15, 0.2) is 0 Å². The summed E-state index contributed by atoms with van der Waals surface area (Å²) in [6, 6.07) is 7.20. The number of thioether (sulfide) groups is 1. The third-order valence-corrected chi connectivity index (χ3v) is 3.96. The highest BCUT2D eigenvalue weighted by Crippen LogP contribution is 2.33. The lowest BCUT2D eigenvalue weighted by Gasteiger charge is -2.14. The third-order valence-electron chi connectivity index (χ3n) is 2.59. The van der Waals surface area contributed by atoms with Crippen LogP contribution in [0, 0.1) is 0 Å². The van der Waals surface area contributed by atoms with Crippen LogP contribution in [0.2, 0.25) is 0 Å². The van der Waals surface area contributed by atoms with E-state index in [-0.39, 0.29) is 4.32 Å². The summed E-state index contributed by atoms with van der Waals surface area (Å²) >= 11 is 6.06. The van der Waals surface area contributed by atoms with Gasteiger partial charge in [-0.1, -0.05) is 42.2 Å². The highest BCUT2D eigenvalue weighted by atomic mass is 32.2. The molecule has 1 heterocycles. The maximum Gasteiger partial charge on any atom is 0.266 e. The van der Waals surface area contributed by atoms with E-state index in [4.69, 9.17) is 17.0 Å². The van der Waals surface area contributed by atoms with Crippen LogP contribution in [-0.4, -0.2) is 34.8 Å². The monoisotopic (exact) mass is 308 g/mol. The van der Waals surface area contributed by atoms with Gasteiger partial charge in [-0.15, -0.1) is 0 Å². The van der Waals surface area contributed by atoms with Gasteiger partial charge in [0.2, 0.25) is 0 Å². The molecule has 1 aliphatic heterocycles. The van der Waals surface area contributed by atoms with Crippen molar-refractivity contribution in [3.63, 3.8) is 0 Å². The van der Waals surface area contributed by atoms with Gasteiger partial charge in [0.1, 0.15) is 10.1 Å².